The van der Waals surface area contributed by atoms with Crippen molar-refractivity contribution in [1.29, 1.82) is 0 Å². The minimum Gasteiger partial charge on any atom is -0.383 e. The molecule has 0 aliphatic carbocycles. The number of ether oxygens (including phenoxy) is 1. The Balaban J connectivity index is 2.38. The molecule has 4 heteroatoms. The second-order valence-corrected chi connectivity index (χ2v) is 3.74. The van der Waals surface area contributed by atoms with E-state index in [-0.39, 0.29) is 5.91 Å². The van der Waals surface area contributed by atoms with Crippen molar-refractivity contribution in [2.45, 2.75) is 19.4 Å². The van der Waals surface area contributed by atoms with Crippen LogP contribution in [-0.2, 0) is 9.53 Å². The van der Waals surface area contributed by atoms with Gasteiger partial charge in [0.15, 0.2) is 0 Å². The van der Waals surface area contributed by atoms with Crippen LogP contribution in [0.15, 0.2) is 0 Å². The van der Waals surface area contributed by atoms with E-state index in [0.29, 0.717) is 12.5 Å². The van der Waals surface area contributed by atoms with Crippen molar-refractivity contribution in [3.63, 3.8) is 0 Å². The first kappa shape index (κ1) is 10.5. The minimum absolute atomic E-state index is 0.0196. The summed E-state index contributed by atoms with van der Waals surface area (Å²) in [6.45, 7) is 4.15. The molecular weight excluding hydrogens is 168 g/mol. The molecule has 0 aromatic rings. The summed E-state index contributed by atoms with van der Waals surface area (Å²) in [5, 5.41) is 0. The van der Waals surface area contributed by atoms with E-state index >= 15 is 0 Å². The number of nitrogens with zero attached hydrogens (tertiary/aromatic N) is 1. The first-order chi connectivity index (χ1) is 6.15. The van der Waals surface area contributed by atoms with E-state index in [4.69, 9.17) is 10.5 Å². The molecule has 1 rings (SSSR count). The van der Waals surface area contributed by atoms with Crippen LogP contribution in [0.5, 0.6) is 0 Å². The number of rotatable bonds is 3. The molecule has 1 heterocycles. The maximum atomic E-state index is 11.6. The Hall–Kier alpha value is -0.610. The summed E-state index contributed by atoms with van der Waals surface area (Å²) in [6.07, 6.45) is 1.09. The molecule has 0 bridgehead atoms. The monoisotopic (exact) mass is 186 g/mol. The normalized spacial score (nSPS) is 24.8. The third kappa shape index (κ3) is 2.67. The molecule has 2 unspecified atom stereocenters. The third-order valence-electron chi connectivity index (χ3n) is 2.40. The molecule has 0 radical (unpaired) electrons. The quantitative estimate of drug-likeness (QED) is 0.665. The molecule has 1 aliphatic rings. The predicted molar refractivity (Wildman–Crippen MR) is 50.2 cm³/mol. The number of amides is 1. The molecule has 0 aromatic heterocycles. The number of hydrogen-bond acceptors (Lipinski definition) is 3. The van der Waals surface area contributed by atoms with Crippen molar-refractivity contribution in [2.75, 3.05) is 26.8 Å². The summed E-state index contributed by atoms with van der Waals surface area (Å²) in [5.74, 6) is 0.630. The van der Waals surface area contributed by atoms with Crippen LogP contribution in [0.4, 0.5) is 0 Å². The Kier molecular flexibility index (Phi) is 3.69. The Morgan fingerprint density at radius 1 is 1.77 bits per heavy atom. The molecule has 1 aliphatic heterocycles. The molecule has 4 nitrogen and oxygen atoms in total. The van der Waals surface area contributed by atoms with Crippen molar-refractivity contribution in [1.82, 2.24) is 4.90 Å². The summed E-state index contributed by atoms with van der Waals surface area (Å²) < 4.78 is 4.84. The Morgan fingerprint density at radius 3 is 2.92 bits per heavy atom. The van der Waals surface area contributed by atoms with Crippen molar-refractivity contribution >= 4 is 5.91 Å². The van der Waals surface area contributed by atoms with Gasteiger partial charge in [-0.15, -0.1) is 0 Å². The molecule has 76 valence electrons. The standard InChI is InChI=1S/C9H18N2O2/c1-7-3-4-11(5-7)9(12)8(10)6-13-2/h7-8H,3-6,10H2,1-2H3. The summed E-state index contributed by atoms with van der Waals surface area (Å²) in [4.78, 5) is 13.4. The van der Waals surface area contributed by atoms with Gasteiger partial charge in [0.2, 0.25) is 5.91 Å². The molecule has 13 heavy (non-hydrogen) atoms. The largest absolute Gasteiger partial charge is 0.383 e. The van der Waals surface area contributed by atoms with Crippen LogP contribution in [-0.4, -0.2) is 43.7 Å². The summed E-state index contributed by atoms with van der Waals surface area (Å²) in [5.41, 5.74) is 5.64. The zero-order chi connectivity index (χ0) is 9.84. The van der Waals surface area contributed by atoms with E-state index < -0.39 is 6.04 Å². The first-order valence-corrected chi connectivity index (χ1v) is 4.68. The number of methoxy groups -OCH3 is 1. The van der Waals surface area contributed by atoms with Gasteiger partial charge in [-0.1, -0.05) is 6.92 Å². The maximum Gasteiger partial charge on any atom is 0.241 e. The second kappa shape index (κ2) is 4.58. The van der Waals surface area contributed by atoms with Crippen LogP contribution in [0.3, 0.4) is 0 Å². The average molecular weight is 186 g/mol. The highest BCUT2D eigenvalue weighted by Crippen LogP contribution is 2.15. The van der Waals surface area contributed by atoms with Gasteiger partial charge in [-0.05, 0) is 12.3 Å². The van der Waals surface area contributed by atoms with E-state index in [1.165, 1.54) is 0 Å². The van der Waals surface area contributed by atoms with Gasteiger partial charge in [0.1, 0.15) is 6.04 Å². The fraction of sp³-hybridized carbons (Fsp3) is 0.889. The highest BCUT2D eigenvalue weighted by atomic mass is 16.5. The zero-order valence-corrected chi connectivity index (χ0v) is 8.32. The summed E-state index contributed by atoms with van der Waals surface area (Å²) >= 11 is 0. The molecule has 1 amide bonds. The highest BCUT2D eigenvalue weighted by molar-refractivity contribution is 5.82. The van der Waals surface area contributed by atoms with E-state index in [0.717, 1.165) is 19.5 Å². The van der Waals surface area contributed by atoms with Gasteiger partial charge < -0.3 is 15.4 Å². The predicted octanol–water partition coefficient (Wildman–Crippen LogP) is -0.171. The molecule has 1 saturated heterocycles. The second-order valence-electron chi connectivity index (χ2n) is 3.74. The van der Waals surface area contributed by atoms with Gasteiger partial charge in [-0.3, -0.25) is 4.79 Å². The van der Waals surface area contributed by atoms with E-state index in [1.807, 2.05) is 4.90 Å². The molecule has 0 spiro atoms. The topological polar surface area (TPSA) is 55.6 Å². The maximum absolute atomic E-state index is 11.6. The van der Waals surface area contributed by atoms with Crippen LogP contribution < -0.4 is 5.73 Å². The smallest absolute Gasteiger partial charge is 0.241 e. The average Bonchev–Trinajstić information content (AvgIpc) is 2.51. The number of likely N-dealkylation sites (tertiary alicyclic amines) is 1. The lowest BCUT2D eigenvalue weighted by atomic mass is 10.2. The van der Waals surface area contributed by atoms with Gasteiger partial charge >= 0.3 is 0 Å². The Labute approximate surface area is 79.0 Å². The van der Waals surface area contributed by atoms with Crippen molar-refractivity contribution in [2.24, 2.45) is 11.7 Å². The highest BCUT2D eigenvalue weighted by Gasteiger charge is 2.26. The fourth-order valence-electron chi connectivity index (χ4n) is 1.62. The minimum atomic E-state index is -0.490. The van der Waals surface area contributed by atoms with Crippen molar-refractivity contribution < 1.29 is 9.53 Å². The van der Waals surface area contributed by atoms with Crippen LogP contribution in [0.2, 0.25) is 0 Å². The van der Waals surface area contributed by atoms with Crippen LogP contribution in [0.25, 0.3) is 0 Å². The van der Waals surface area contributed by atoms with Gasteiger partial charge in [0.25, 0.3) is 0 Å². The molecule has 1 fully saturated rings. The molecule has 2 N–H and O–H groups in total. The summed E-state index contributed by atoms with van der Waals surface area (Å²) in [6, 6.07) is -0.490. The van der Waals surface area contributed by atoms with E-state index in [1.54, 1.807) is 7.11 Å². The van der Waals surface area contributed by atoms with Crippen LogP contribution in [0.1, 0.15) is 13.3 Å². The molecule has 0 aromatic carbocycles. The SMILES string of the molecule is COCC(N)C(=O)N1CCC(C)C1. The number of hydrogen-bond donors (Lipinski definition) is 1. The van der Waals surface area contributed by atoms with Gasteiger partial charge in [-0.25, -0.2) is 0 Å². The lowest BCUT2D eigenvalue weighted by Crippen LogP contribution is -2.45. The third-order valence-corrected chi connectivity index (χ3v) is 2.40. The van der Waals surface area contributed by atoms with Gasteiger partial charge in [0.05, 0.1) is 6.61 Å². The fourth-order valence-corrected chi connectivity index (χ4v) is 1.62. The first-order valence-electron chi connectivity index (χ1n) is 4.68. The lowest BCUT2D eigenvalue weighted by Gasteiger charge is -2.19. The zero-order valence-electron chi connectivity index (χ0n) is 8.32. The molecule has 2 atom stereocenters. The Bertz CT molecular complexity index is 184. The number of nitrogens with two attached hydrogens (primary N) is 1. The van der Waals surface area contributed by atoms with Crippen LogP contribution in [0, 0.1) is 5.92 Å². The van der Waals surface area contributed by atoms with E-state index in [9.17, 15) is 4.79 Å². The molecular formula is C9H18N2O2. The summed E-state index contributed by atoms with van der Waals surface area (Å²) in [7, 11) is 1.56. The van der Waals surface area contributed by atoms with Crippen LogP contribution >= 0.6 is 0 Å². The van der Waals surface area contributed by atoms with E-state index in [2.05, 4.69) is 6.92 Å². The van der Waals surface area contributed by atoms with Gasteiger partial charge in [0, 0.05) is 20.2 Å². The lowest BCUT2D eigenvalue weighted by molar-refractivity contribution is -0.132. The number of carbonyl (C=O) groups excluding carboxylic acids is 1. The number of carbonyl (C=O) groups is 1. The Morgan fingerprint density at radius 2 is 2.46 bits per heavy atom. The molecule has 0 saturated carbocycles. The van der Waals surface area contributed by atoms with Gasteiger partial charge in [-0.2, -0.15) is 0 Å². The van der Waals surface area contributed by atoms with Crippen molar-refractivity contribution in [3.05, 3.63) is 0 Å². The van der Waals surface area contributed by atoms with Crippen molar-refractivity contribution in [3.8, 4) is 0 Å².